The van der Waals surface area contributed by atoms with Gasteiger partial charge in [-0.2, -0.15) is 5.10 Å². The summed E-state index contributed by atoms with van der Waals surface area (Å²) in [7, 11) is 1.60. The number of fused-ring (bicyclic) bond motifs is 2. The van der Waals surface area contributed by atoms with Gasteiger partial charge < -0.3 is 4.74 Å². The second kappa shape index (κ2) is 9.02. The number of carbonyl (C=O) groups is 3. The Balaban J connectivity index is 1.35. The Morgan fingerprint density at radius 2 is 1.65 bits per heavy atom. The monoisotopic (exact) mass is 489 g/mol. The highest BCUT2D eigenvalue weighted by atomic mass is 16.5. The molecule has 6 rings (SSSR count). The lowest BCUT2D eigenvalue weighted by molar-refractivity contribution is -0.132. The van der Waals surface area contributed by atoms with Crippen molar-refractivity contribution in [2.75, 3.05) is 18.6 Å². The lowest BCUT2D eigenvalue weighted by Crippen LogP contribution is -2.40. The lowest BCUT2D eigenvalue weighted by Gasteiger charge is -2.25. The Kier molecular flexibility index (Phi) is 5.53. The van der Waals surface area contributed by atoms with Crippen LogP contribution in [0.3, 0.4) is 0 Å². The molecule has 7 nitrogen and oxygen atoms in total. The normalized spacial score (nSPS) is 16.8. The van der Waals surface area contributed by atoms with Gasteiger partial charge in [0.25, 0.3) is 17.6 Å². The van der Waals surface area contributed by atoms with Gasteiger partial charge in [-0.1, -0.05) is 60.7 Å². The van der Waals surface area contributed by atoms with Gasteiger partial charge in [0.1, 0.15) is 12.3 Å². The minimum Gasteiger partial charge on any atom is -0.497 e. The molecule has 0 bridgehead atoms. The van der Waals surface area contributed by atoms with Gasteiger partial charge >= 0.3 is 0 Å². The Labute approximate surface area is 213 Å². The molecule has 0 saturated carbocycles. The third-order valence-electron chi connectivity index (χ3n) is 6.92. The quantitative estimate of drug-likeness (QED) is 0.379. The lowest BCUT2D eigenvalue weighted by atomic mass is 9.97. The number of hydrazone groups is 1. The summed E-state index contributed by atoms with van der Waals surface area (Å²) in [6, 6.07) is 28.1. The smallest absolute Gasteiger partial charge is 0.299 e. The van der Waals surface area contributed by atoms with Crippen molar-refractivity contribution < 1.29 is 19.1 Å². The maximum atomic E-state index is 13.6. The highest BCUT2D eigenvalue weighted by molar-refractivity contribution is 6.52. The van der Waals surface area contributed by atoms with Crippen LogP contribution >= 0.6 is 0 Å². The minimum absolute atomic E-state index is 0.275. The third-order valence-corrected chi connectivity index (χ3v) is 6.92. The van der Waals surface area contributed by atoms with Crippen LogP contribution in [0.1, 0.15) is 33.9 Å². The average molecular weight is 490 g/mol. The van der Waals surface area contributed by atoms with Crippen LogP contribution in [0.2, 0.25) is 0 Å². The Bertz CT molecular complexity index is 1590. The molecule has 4 aromatic rings. The molecule has 0 radical (unpaired) electrons. The molecule has 0 spiro atoms. The van der Waals surface area contributed by atoms with Crippen molar-refractivity contribution in [1.29, 1.82) is 0 Å². The molecule has 37 heavy (non-hydrogen) atoms. The number of methoxy groups -OCH3 is 1. The van der Waals surface area contributed by atoms with Crippen molar-refractivity contribution in [1.82, 2.24) is 5.01 Å². The van der Waals surface area contributed by atoms with E-state index >= 15 is 0 Å². The number of ketones is 1. The van der Waals surface area contributed by atoms with E-state index in [1.54, 1.807) is 31.4 Å². The Morgan fingerprint density at radius 3 is 2.43 bits per heavy atom. The number of hydrogen-bond donors (Lipinski definition) is 0. The van der Waals surface area contributed by atoms with Crippen LogP contribution in [-0.4, -0.2) is 42.0 Å². The first kappa shape index (κ1) is 22.7. The molecule has 2 aliphatic rings. The van der Waals surface area contributed by atoms with Gasteiger partial charge in [-0.05, 0) is 52.2 Å². The van der Waals surface area contributed by atoms with Crippen LogP contribution in [0, 0.1) is 0 Å². The molecule has 182 valence electrons. The highest BCUT2D eigenvalue weighted by Crippen LogP contribution is 2.35. The zero-order valence-corrected chi connectivity index (χ0v) is 20.1. The van der Waals surface area contributed by atoms with Gasteiger partial charge in [0.15, 0.2) is 0 Å². The molecule has 1 unspecified atom stereocenters. The van der Waals surface area contributed by atoms with Crippen LogP contribution in [0.15, 0.2) is 96.1 Å². The summed E-state index contributed by atoms with van der Waals surface area (Å²) in [5, 5.41) is 8.42. The summed E-state index contributed by atoms with van der Waals surface area (Å²) in [6.45, 7) is -0.275. The number of rotatable bonds is 5. The summed E-state index contributed by atoms with van der Waals surface area (Å²) in [6.07, 6.45) is 0.514. The van der Waals surface area contributed by atoms with Crippen LogP contribution in [0.4, 0.5) is 5.69 Å². The van der Waals surface area contributed by atoms with Gasteiger partial charge in [-0.15, -0.1) is 0 Å². The fraction of sp³-hybridized carbons (Fsp3) is 0.133. The Hall–Kier alpha value is -4.78. The van der Waals surface area contributed by atoms with E-state index in [4.69, 9.17) is 9.84 Å². The van der Waals surface area contributed by atoms with E-state index in [1.165, 1.54) is 9.91 Å². The van der Waals surface area contributed by atoms with Crippen molar-refractivity contribution in [2.24, 2.45) is 5.10 Å². The van der Waals surface area contributed by atoms with Crippen LogP contribution in [0.5, 0.6) is 5.75 Å². The maximum Gasteiger partial charge on any atom is 0.299 e. The Morgan fingerprint density at radius 1 is 0.919 bits per heavy atom. The second-order valence-corrected chi connectivity index (χ2v) is 9.08. The van der Waals surface area contributed by atoms with E-state index in [2.05, 4.69) is 12.1 Å². The number of hydrogen-bond acceptors (Lipinski definition) is 5. The molecule has 0 aliphatic carbocycles. The van der Waals surface area contributed by atoms with Gasteiger partial charge in [0, 0.05) is 6.42 Å². The van der Waals surface area contributed by atoms with Gasteiger partial charge in [-0.3, -0.25) is 19.3 Å². The van der Waals surface area contributed by atoms with Crippen LogP contribution in [-0.2, 0) is 9.59 Å². The molecular formula is C30H23N3O4. The van der Waals surface area contributed by atoms with E-state index in [0.29, 0.717) is 23.4 Å². The SMILES string of the molecule is COc1ccc(C2CC(c3ccc4ccccc4c3)=NN2C(=O)CN2C(=O)C(=O)c3ccccc32)cc1. The number of nitrogens with zero attached hydrogens (tertiary/aromatic N) is 3. The predicted octanol–water partition coefficient (Wildman–Crippen LogP) is 4.76. The van der Waals surface area contributed by atoms with E-state index in [-0.39, 0.29) is 18.5 Å². The third kappa shape index (κ3) is 3.94. The zero-order valence-electron chi connectivity index (χ0n) is 20.1. The fourth-order valence-corrected chi connectivity index (χ4v) is 4.98. The molecule has 0 N–H and O–H groups in total. The number of ether oxygens (including phenoxy) is 1. The molecule has 0 aromatic heterocycles. The van der Waals surface area contributed by atoms with Crippen LogP contribution in [0.25, 0.3) is 10.8 Å². The number of carbonyl (C=O) groups excluding carboxylic acids is 3. The predicted molar refractivity (Wildman–Crippen MR) is 141 cm³/mol. The van der Waals surface area contributed by atoms with Gasteiger partial charge in [0.2, 0.25) is 0 Å². The standard InChI is InChI=1S/C30H23N3O4/c1-37-23-14-12-20(13-15-23)27-17-25(22-11-10-19-6-2-3-7-21(19)16-22)31-33(27)28(34)18-32-26-9-5-4-8-24(26)29(35)30(32)36/h2-16,27H,17-18H2,1H3. The number of Topliss-reactive ketones (excluding diaryl/α,β-unsaturated/α-hetero) is 1. The van der Waals surface area contributed by atoms with Gasteiger partial charge in [-0.25, -0.2) is 5.01 Å². The first-order valence-corrected chi connectivity index (χ1v) is 12.0. The molecular weight excluding hydrogens is 466 g/mol. The van der Waals surface area contributed by atoms with Crippen molar-refractivity contribution in [2.45, 2.75) is 12.5 Å². The average Bonchev–Trinajstić information content (AvgIpc) is 3.49. The van der Waals surface area contributed by atoms with Crippen molar-refractivity contribution in [3.63, 3.8) is 0 Å². The first-order chi connectivity index (χ1) is 18.0. The van der Waals surface area contributed by atoms with Crippen LogP contribution < -0.4 is 9.64 Å². The molecule has 1 atom stereocenters. The molecule has 2 amide bonds. The fourth-order valence-electron chi connectivity index (χ4n) is 4.98. The molecule has 0 fully saturated rings. The zero-order chi connectivity index (χ0) is 25.5. The molecule has 4 aromatic carbocycles. The number of amides is 2. The number of para-hydroxylation sites is 1. The van der Waals surface area contributed by atoms with E-state index < -0.39 is 11.7 Å². The second-order valence-electron chi connectivity index (χ2n) is 9.08. The molecule has 2 heterocycles. The summed E-state index contributed by atoms with van der Waals surface area (Å²) in [5.74, 6) is -0.951. The minimum atomic E-state index is -0.700. The van der Waals surface area contributed by atoms with E-state index in [1.807, 2.05) is 54.6 Å². The van der Waals surface area contributed by atoms with Crippen molar-refractivity contribution >= 4 is 39.8 Å². The summed E-state index contributed by atoms with van der Waals surface area (Å²) < 4.78 is 5.30. The summed E-state index contributed by atoms with van der Waals surface area (Å²) >= 11 is 0. The first-order valence-electron chi connectivity index (χ1n) is 12.0. The van der Waals surface area contributed by atoms with Gasteiger partial charge in [0.05, 0.1) is 30.1 Å². The topological polar surface area (TPSA) is 79.3 Å². The van der Waals surface area contributed by atoms with Crippen molar-refractivity contribution in [3.8, 4) is 5.75 Å². The largest absolute Gasteiger partial charge is 0.497 e. The van der Waals surface area contributed by atoms with E-state index in [0.717, 1.165) is 27.6 Å². The summed E-state index contributed by atoms with van der Waals surface area (Å²) in [4.78, 5) is 40.0. The summed E-state index contributed by atoms with van der Waals surface area (Å²) in [5.41, 5.74) is 3.38. The number of anilines is 1. The molecule has 2 aliphatic heterocycles. The highest BCUT2D eigenvalue weighted by Gasteiger charge is 2.40. The van der Waals surface area contributed by atoms with Crippen molar-refractivity contribution in [3.05, 3.63) is 108 Å². The molecule has 7 heteroatoms. The maximum absolute atomic E-state index is 13.6. The van der Waals surface area contributed by atoms with E-state index in [9.17, 15) is 14.4 Å². The molecule has 0 saturated heterocycles. The number of benzene rings is 4.